The molecule has 0 spiro atoms. The van der Waals surface area contributed by atoms with E-state index < -0.39 is 6.17 Å². The van der Waals surface area contributed by atoms with Crippen LogP contribution in [0.2, 0.25) is 10.0 Å². The fourth-order valence-corrected chi connectivity index (χ4v) is 5.41. The molecule has 37 heavy (non-hydrogen) atoms. The summed E-state index contributed by atoms with van der Waals surface area (Å²) >= 11 is 12.5. The number of halogens is 2. The third-order valence-corrected chi connectivity index (χ3v) is 7.11. The van der Waals surface area contributed by atoms with Gasteiger partial charge in [0.15, 0.2) is 17.2 Å². The summed E-state index contributed by atoms with van der Waals surface area (Å²) < 4.78 is 17.2. The number of carbonyl (C=O) groups excluding carboxylic acids is 1. The lowest BCUT2D eigenvalue weighted by atomic mass is 9.94. The first-order valence-corrected chi connectivity index (χ1v) is 13.1. The van der Waals surface area contributed by atoms with Crippen molar-refractivity contribution in [3.05, 3.63) is 81.3 Å². The smallest absolute Gasteiger partial charge is 0.161 e. The van der Waals surface area contributed by atoms with Crippen LogP contribution >= 0.6 is 23.2 Å². The Bertz CT molecular complexity index is 1210. The molecule has 6 nitrogen and oxygen atoms in total. The van der Waals surface area contributed by atoms with Crippen molar-refractivity contribution >= 4 is 35.2 Å². The summed E-state index contributed by atoms with van der Waals surface area (Å²) in [6.07, 6.45) is 3.08. The highest BCUT2D eigenvalue weighted by Crippen LogP contribution is 2.35. The Morgan fingerprint density at radius 3 is 2.49 bits per heavy atom. The number of hydrogen-bond acceptors (Lipinski definition) is 6. The van der Waals surface area contributed by atoms with Gasteiger partial charge in [-0.25, -0.2) is 0 Å². The average Bonchev–Trinajstić information content (AvgIpc) is 2.90. The van der Waals surface area contributed by atoms with Gasteiger partial charge < -0.3 is 29.6 Å². The molecule has 8 heteroatoms. The Kier molecular flexibility index (Phi) is 9.19. The molecule has 196 valence electrons. The molecule has 0 radical (unpaired) electrons. The van der Waals surface area contributed by atoms with E-state index in [0.29, 0.717) is 33.7 Å². The number of hydrogen-bond donors (Lipinski definition) is 1. The lowest BCUT2D eigenvalue weighted by molar-refractivity contribution is -0.111. The zero-order chi connectivity index (χ0) is 26.4. The SMILES string of the molecule is COc1cc(CC(C=O)C(N)N2CCCc3ccccc32)ccc1OCCOc1c(Cl)cc(C)cc1Cl. The van der Waals surface area contributed by atoms with Crippen molar-refractivity contribution in [2.24, 2.45) is 11.7 Å². The molecule has 0 aromatic heterocycles. The van der Waals surface area contributed by atoms with Crippen molar-refractivity contribution in [3.8, 4) is 17.2 Å². The molecule has 0 aliphatic carbocycles. The maximum Gasteiger partial charge on any atom is 0.161 e. The number of aldehydes is 1. The summed E-state index contributed by atoms with van der Waals surface area (Å²) in [5, 5.41) is 0.922. The van der Waals surface area contributed by atoms with E-state index in [0.717, 1.165) is 42.5 Å². The summed E-state index contributed by atoms with van der Waals surface area (Å²) in [6.45, 7) is 3.28. The summed E-state index contributed by atoms with van der Waals surface area (Å²) in [5.41, 5.74) is 10.9. The van der Waals surface area contributed by atoms with Gasteiger partial charge in [0.05, 0.1) is 29.2 Å². The molecule has 2 atom stereocenters. The number of para-hydroxylation sites is 1. The minimum Gasteiger partial charge on any atom is -0.493 e. The van der Waals surface area contributed by atoms with Crippen LogP contribution in [0.5, 0.6) is 17.2 Å². The van der Waals surface area contributed by atoms with E-state index in [-0.39, 0.29) is 19.1 Å². The fraction of sp³-hybridized carbons (Fsp3) is 0.345. The fourth-order valence-electron chi connectivity index (χ4n) is 4.70. The summed E-state index contributed by atoms with van der Waals surface area (Å²) in [4.78, 5) is 14.2. The van der Waals surface area contributed by atoms with Gasteiger partial charge in [0, 0.05) is 12.2 Å². The van der Waals surface area contributed by atoms with E-state index >= 15 is 0 Å². The number of nitrogens with zero attached hydrogens (tertiary/aromatic N) is 1. The largest absolute Gasteiger partial charge is 0.493 e. The monoisotopic (exact) mass is 542 g/mol. The van der Waals surface area contributed by atoms with Crippen molar-refractivity contribution < 1.29 is 19.0 Å². The number of anilines is 1. The minimum atomic E-state index is -0.418. The maximum absolute atomic E-state index is 12.1. The summed E-state index contributed by atoms with van der Waals surface area (Å²) in [6, 6.07) is 17.5. The molecule has 3 aromatic rings. The van der Waals surface area contributed by atoms with Crippen molar-refractivity contribution in [1.82, 2.24) is 0 Å². The molecule has 1 aliphatic rings. The number of benzene rings is 3. The number of rotatable bonds is 11. The van der Waals surface area contributed by atoms with Crippen LogP contribution in [-0.4, -0.2) is 39.3 Å². The number of methoxy groups -OCH3 is 1. The Hall–Kier alpha value is -2.93. The Labute approximate surface area is 228 Å². The van der Waals surface area contributed by atoms with Crippen LogP contribution in [0.15, 0.2) is 54.6 Å². The van der Waals surface area contributed by atoms with Crippen LogP contribution in [0.4, 0.5) is 5.69 Å². The average molecular weight is 543 g/mol. The second-order valence-electron chi connectivity index (χ2n) is 9.16. The molecule has 0 saturated carbocycles. The van der Waals surface area contributed by atoms with E-state index in [2.05, 4.69) is 17.0 Å². The van der Waals surface area contributed by atoms with Crippen molar-refractivity contribution in [3.63, 3.8) is 0 Å². The summed E-state index contributed by atoms with van der Waals surface area (Å²) in [7, 11) is 1.59. The molecule has 2 N–H and O–H groups in total. The standard InChI is InChI=1S/C29H32Cl2N2O4/c1-19-14-23(30)28(24(31)15-19)37-13-12-36-26-10-9-20(17-27(26)35-2)16-22(18-34)29(32)33-11-5-7-21-6-3-4-8-25(21)33/h3-4,6,8-10,14-15,17-18,22,29H,5,7,11-13,16,32H2,1-2H3. The first-order valence-electron chi connectivity index (χ1n) is 12.3. The summed E-state index contributed by atoms with van der Waals surface area (Å²) in [5.74, 6) is 1.21. The second-order valence-corrected chi connectivity index (χ2v) is 9.97. The van der Waals surface area contributed by atoms with E-state index in [9.17, 15) is 4.79 Å². The second kappa shape index (κ2) is 12.5. The topological polar surface area (TPSA) is 74.0 Å². The normalized spacial score (nSPS) is 14.5. The minimum absolute atomic E-state index is 0.257. The lowest BCUT2D eigenvalue weighted by Gasteiger charge is -2.38. The first-order chi connectivity index (χ1) is 17.9. The highest BCUT2D eigenvalue weighted by atomic mass is 35.5. The Morgan fingerprint density at radius 2 is 1.76 bits per heavy atom. The molecule has 2 unspecified atom stereocenters. The molecule has 0 fully saturated rings. The van der Waals surface area contributed by atoms with Crippen LogP contribution in [0, 0.1) is 12.8 Å². The zero-order valence-corrected chi connectivity index (χ0v) is 22.6. The van der Waals surface area contributed by atoms with Crippen LogP contribution in [0.25, 0.3) is 0 Å². The maximum atomic E-state index is 12.1. The molecular weight excluding hydrogens is 511 g/mol. The van der Waals surface area contributed by atoms with E-state index in [4.69, 9.17) is 43.1 Å². The third-order valence-electron chi connectivity index (χ3n) is 6.55. The Balaban J connectivity index is 1.38. The van der Waals surface area contributed by atoms with Crippen LogP contribution in [0.1, 0.15) is 23.1 Å². The molecule has 4 rings (SSSR count). The molecular formula is C29H32Cl2N2O4. The molecule has 3 aromatic carbocycles. The number of carbonyl (C=O) groups is 1. The molecule has 0 amide bonds. The van der Waals surface area contributed by atoms with Crippen molar-refractivity contribution in [2.45, 2.75) is 32.4 Å². The van der Waals surface area contributed by atoms with Gasteiger partial charge in [-0.05, 0) is 73.2 Å². The van der Waals surface area contributed by atoms with Gasteiger partial charge in [-0.2, -0.15) is 0 Å². The predicted octanol–water partition coefficient (Wildman–Crippen LogP) is 5.86. The third kappa shape index (κ3) is 6.50. The zero-order valence-electron chi connectivity index (χ0n) is 21.1. The predicted molar refractivity (Wildman–Crippen MR) is 149 cm³/mol. The van der Waals surface area contributed by atoms with E-state index in [1.165, 1.54) is 5.56 Å². The quantitative estimate of drug-likeness (QED) is 0.241. The highest BCUT2D eigenvalue weighted by Gasteiger charge is 2.28. The van der Waals surface area contributed by atoms with Crippen molar-refractivity contribution in [2.75, 3.05) is 31.8 Å². The van der Waals surface area contributed by atoms with Crippen LogP contribution in [-0.2, 0) is 17.6 Å². The van der Waals surface area contributed by atoms with E-state index in [1.807, 2.05) is 37.3 Å². The molecule has 0 bridgehead atoms. The first kappa shape index (κ1) is 27.1. The van der Waals surface area contributed by atoms with Gasteiger partial charge in [0.2, 0.25) is 0 Å². The number of fused-ring (bicyclic) bond motifs is 1. The van der Waals surface area contributed by atoms with Gasteiger partial charge in [-0.15, -0.1) is 0 Å². The lowest BCUT2D eigenvalue weighted by Crippen LogP contribution is -2.50. The number of ether oxygens (including phenoxy) is 3. The van der Waals surface area contributed by atoms with Crippen LogP contribution < -0.4 is 24.8 Å². The van der Waals surface area contributed by atoms with Gasteiger partial charge in [0.1, 0.15) is 19.5 Å². The molecule has 1 aliphatic heterocycles. The molecule has 0 saturated heterocycles. The number of nitrogens with two attached hydrogens (primary N) is 1. The number of aryl methyl sites for hydroxylation is 2. The highest BCUT2D eigenvalue weighted by molar-refractivity contribution is 6.37. The van der Waals surface area contributed by atoms with Gasteiger partial charge in [-0.3, -0.25) is 0 Å². The Morgan fingerprint density at radius 1 is 1.03 bits per heavy atom. The molecule has 1 heterocycles. The van der Waals surface area contributed by atoms with Gasteiger partial charge >= 0.3 is 0 Å². The van der Waals surface area contributed by atoms with Crippen molar-refractivity contribution in [1.29, 1.82) is 0 Å². The van der Waals surface area contributed by atoms with E-state index in [1.54, 1.807) is 19.2 Å². The van der Waals surface area contributed by atoms with Gasteiger partial charge in [-0.1, -0.05) is 47.5 Å². The van der Waals surface area contributed by atoms with Crippen LogP contribution in [0.3, 0.4) is 0 Å². The van der Waals surface area contributed by atoms with Gasteiger partial charge in [0.25, 0.3) is 0 Å².